The highest BCUT2D eigenvalue weighted by Gasteiger charge is 2.34. The Morgan fingerprint density at radius 2 is 1.87 bits per heavy atom. The molecule has 0 bridgehead atoms. The molecule has 1 N–H and O–H groups in total. The van der Waals surface area contributed by atoms with Crippen LogP contribution in [0.4, 0.5) is 16.2 Å². The smallest absolute Gasteiger partial charge is 0.333 e. The molecule has 0 unspecified atom stereocenters. The first-order chi connectivity index (χ1) is 14.9. The minimum atomic E-state index is -0.567. The summed E-state index contributed by atoms with van der Waals surface area (Å²) in [5.74, 6) is 0.153. The van der Waals surface area contributed by atoms with Gasteiger partial charge in [0.2, 0.25) is 5.88 Å². The summed E-state index contributed by atoms with van der Waals surface area (Å²) in [6, 6.07) is 15.2. The van der Waals surface area contributed by atoms with Crippen molar-refractivity contribution >= 4 is 41.0 Å². The van der Waals surface area contributed by atoms with E-state index in [1.807, 2.05) is 0 Å². The number of hydrogen-bond donors (Lipinski definition) is 1. The van der Waals surface area contributed by atoms with Crippen LogP contribution < -0.4 is 15.0 Å². The number of carbonyl (C=O) groups excluding carboxylic acids is 2. The number of anilines is 1. The first-order valence-electron chi connectivity index (χ1n) is 8.92. The van der Waals surface area contributed by atoms with Gasteiger partial charge in [0.05, 0.1) is 10.6 Å². The molecular formula is C21H13ClN4O5. The maximum atomic E-state index is 12.7. The summed E-state index contributed by atoms with van der Waals surface area (Å²) >= 11 is 5.95. The Labute approximate surface area is 180 Å². The van der Waals surface area contributed by atoms with Crippen LogP contribution in [0.15, 0.2) is 72.6 Å². The molecule has 31 heavy (non-hydrogen) atoms. The topological polar surface area (TPSA) is 115 Å². The highest BCUT2D eigenvalue weighted by Crippen LogP contribution is 2.26. The van der Waals surface area contributed by atoms with E-state index < -0.39 is 16.9 Å². The van der Waals surface area contributed by atoms with Crippen molar-refractivity contribution in [2.75, 3.05) is 4.90 Å². The monoisotopic (exact) mass is 436 g/mol. The molecule has 2 aromatic carbocycles. The summed E-state index contributed by atoms with van der Waals surface area (Å²) in [5.41, 5.74) is 1.01. The third-order valence-corrected chi connectivity index (χ3v) is 4.52. The summed E-state index contributed by atoms with van der Waals surface area (Å²) in [6.07, 6.45) is 2.65. The van der Waals surface area contributed by atoms with Crippen LogP contribution in [0.1, 0.15) is 5.56 Å². The summed E-state index contributed by atoms with van der Waals surface area (Å²) in [6.45, 7) is 0. The highest BCUT2D eigenvalue weighted by atomic mass is 35.5. The molecule has 9 nitrogen and oxygen atoms in total. The number of benzene rings is 2. The molecule has 10 heteroatoms. The lowest BCUT2D eigenvalue weighted by Gasteiger charge is -2.11. The van der Waals surface area contributed by atoms with E-state index in [1.165, 1.54) is 18.2 Å². The van der Waals surface area contributed by atoms with Crippen molar-refractivity contribution in [3.8, 4) is 11.6 Å². The Kier molecular flexibility index (Phi) is 5.33. The van der Waals surface area contributed by atoms with Gasteiger partial charge in [-0.05, 0) is 42.0 Å². The quantitative estimate of drug-likeness (QED) is 0.272. The van der Waals surface area contributed by atoms with Crippen molar-refractivity contribution in [3.05, 3.63) is 93.3 Å². The summed E-state index contributed by atoms with van der Waals surface area (Å²) in [5, 5.41) is 13.6. The molecule has 2 heterocycles. The second kappa shape index (κ2) is 8.25. The number of carbonyl (C=O) groups is 2. The molecule has 1 fully saturated rings. The summed E-state index contributed by atoms with van der Waals surface area (Å²) in [7, 11) is 0. The van der Waals surface area contributed by atoms with Crippen LogP contribution in [0.3, 0.4) is 0 Å². The van der Waals surface area contributed by atoms with Crippen molar-refractivity contribution in [1.82, 2.24) is 10.3 Å². The number of pyridine rings is 1. The van der Waals surface area contributed by atoms with Gasteiger partial charge in [-0.2, -0.15) is 0 Å². The minimum absolute atomic E-state index is 0.121. The second-order valence-corrected chi connectivity index (χ2v) is 6.83. The fourth-order valence-corrected chi connectivity index (χ4v) is 3.03. The van der Waals surface area contributed by atoms with E-state index in [0.29, 0.717) is 22.0 Å². The van der Waals surface area contributed by atoms with Crippen molar-refractivity contribution in [2.45, 2.75) is 0 Å². The van der Waals surface area contributed by atoms with Crippen molar-refractivity contribution < 1.29 is 19.2 Å². The zero-order chi connectivity index (χ0) is 22.0. The number of imide groups is 1. The number of rotatable bonds is 5. The molecule has 1 saturated heterocycles. The van der Waals surface area contributed by atoms with Gasteiger partial charge in [0.1, 0.15) is 17.6 Å². The maximum Gasteiger partial charge on any atom is 0.333 e. The number of ether oxygens (including phenoxy) is 1. The number of nitrogens with zero attached hydrogens (tertiary/aromatic N) is 3. The van der Waals surface area contributed by atoms with Crippen LogP contribution in [-0.4, -0.2) is 21.8 Å². The van der Waals surface area contributed by atoms with Crippen LogP contribution in [0.2, 0.25) is 5.02 Å². The van der Waals surface area contributed by atoms with Crippen LogP contribution in [0.5, 0.6) is 11.6 Å². The standard InChI is InChI=1S/C21H13ClN4O5/c22-14-2-1-3-15(11-14)25-20(27)18(24-21(25)28)10-13-4-7-17(8-5-13)31-19-9-6-16(12-23-19)26(29)30/h1-12H,(H,24,28)/b18-10+. The van der Waals surface area contributed by atoms with E-state index in [1.54, 1.807) is 48.5 Å². The van der Waals surface area contributed by atoms with Crippen molar-refractivity contribution in [1.29, 1.82) is 0 Å². The Balaban J connectivity index is 1.48. The van der Waals surface area contributed by atoms with E-state index >= 15 is 0 Å². The number of nitro groups is 1. The third-order valence-electron chi connectivity index (χ3n) is 4.29. The molecule has 0 radical (unpaired) electrons. The number of nitrogens with one attached hydrogen (secondary N) is 1. The van der Waals surface area contributed by atoms with Gasteiger partial charge in [0.25, 0.3) is 11.6 Å². The molecule has 3 aromatic rings. The molecule has 1 aliphatic rings. The molecule has 0 saturated carbocycles. The highest BCUT2D eigenvalue weighted by molar-refractivity contribution is 6.32. The predicted molar refractivity (Wildman–Crippen MR) is 113 cm³/mol. The van der Waals surface area contributed by atoms with E-state index in [-0.39, 0.29) is 17.3 Å². The lowest BCUT2D eigenvalue weighted by atomic mass is 10.2. The molecule has 3 amide bonds. The summed E-state index contributed by atoms with van der Waals surface area (Å²) < 4.78 is 5.55. The van der Waals surface area contributed by atoms with Crippen molar-refractivity contribution in [2.24, 2.45) is 0 Å². The third kappa shape index (κ3) is 4.36. The fraction of sp³-hybridized carbons (Fsp3) is 0. The van der Waals surface area contributed by atoms with Gasteiger partial charge in [0, 0.05) is 17.2 Å². The number of amides is 3. The molecule has 0 atom stereocenters. The lowest BCUT2D eigenvalue weighted by molar-refractivity contribution is -0.385. The first kappa shape index (κ1) is 20.0. The molecule has 1 aliphatic heterocycles. The van der Waals surface area contributed by atoms with E-state index in [9.17, 15) is 19.7 Å². The second-order valence-electron chi connectivity index (χ2n) is 6.39. The average molecular weight is 437 g/mol. The number of halogens is 1. The Bertz CT molecular complexity index is 1210. The van der Waals surface area contributed by atoms with Gasteiger partial charge in [-0.15, -0.1) is 0 Å². The van der Waals surface area contributed by atoms with Crippen LogP contribution in [-0.2, 0) is 4.79 Å². The Morgan fingerprint density at radius 1 is 1.10 bits per heavy atom. The summed E-state index contributed by atoms with van der Waals surface area (Å²) in [4.78, 5) is 39.9. The zero-order valence-corrected chi connectivity index (χ0v) is 16.4. The predicted octanol–water partition coefficient (Wildman–Crippen LogP) is 4.53. The maximum absolute atomic E-state index is 12.7. The lowest BCUT2D eigenvalue weighted by Crippen LogP contribution is -2.30. The minimum Gasteiger partial charge on any atom is -0.439 e. The van der Waals surface area contributed by atoms with E-state index in [2.05, 4.69) is 10.3 Å². The van der Waals surface area contributed by atoms with Crippen LogP contribution in [0, 0.1) is 10.1 Å². The van der Waals surface area contributed by atoms with E-state index in [4.69, 9.17) is 16.3 Å². The number of urea groups is 1. The van der Waals surface area contributed by atoms with Gasteiger partial charge in [0.15, 0.2) is 0 Å². The fourth-order valence-electron chi connectivity index (χ4n) is 2.85. The zero-order valence-electron chi connectivity index (χ0n) is 15.7. The average Bonchev–Trinajstić information content (AvgIpc) is 3.02. The van der Waals surface area contributed by atoms with E-state index in [0.717, 1.165) is 11.1 Å². The molecule has 0 aliphatic carbocycles. The Morgan fingerprint density at radius 3 is 2.52 bits per heavy atom. The molecule has 0 spiro atoms. The van der Waals surface area contributed by atoms with Gasteiger partial charge < -0.3 is 10.1 Å². The largest absolute Gasteiger partial charge is 0.439 e. The van der Waals surface area contributed by atoms with Gasteiger partial charge in [-0.3, -0.25) is 14.9 Å². The molecule has 154 valence electrons. The molecule has 1 aromatic heterocycles. The van der Waals surface area contributed by atoms with Gasteiger partial charge in [-0.25, -0.2) is 14.7 Å². The van der Waals surface area contributed by atoms with Crippen LogP contribution >= 0.6 is 11.6 Å². The number of aromatic nitrogens is 1. The van der Waals surface area contributed by atoms with Crippen LogP contribution in [0.25, 0.3) is 6.08 Å². The molecule has 4 rings (SSSR count). The normalized spacial score (nSPS) is 14.6. The Hall–Kier alpha value is -4.24. The first-order valence-corrected chi connectivity index (χ1v) is 9.29. The molecular weight excluding hydrogens is 424 g/mol. The van der Waals surface area contributed by atoms with Gasteiger partial charge in [-0.1, -0.05) is 29.8 Å². The number of hydrogen-bond acceptors (Lipinski definition) is 6. The van der Waals surface area contributed by atoms with Crippen molar-refractivity contribution in [3.63, 3.8) is 0 Å². The SMILES string of the molecule is O=C1N/C(=C/c2ccc(Oc3ccc([N+](=O)[O-])cn3)cc2)C(=O)N1c1cccc(Cl)c1. The van der Waals surface area contributed by atoms with Gasteiger partial charge >= 0.3 is 6.03 Å².